The lowest BCUT2D eigenvalue weighted by molar-refractivity contribution is 0.0600. The zero-order valence-corrected chi connectivity index (χ0v) is 14.8. The number of nitrogens with zero attached hydrogens (tertiary/aromatic N) is 2. The predicted octanol–water partition coefficient (Wildman–Crippen LogP) is 2.58. The molecular weight excluding hydrogens is 346 g/mol. The van der Waals surface area contributed by atoms with Gasteiger partial charge in [0, 0.05) is 17.4 Å². The first kappa shape index (κ1) is 18.1. The second kappa shape index (κ2) is 7.65. The van der Waals surface area contributed by atoms with E-state index < -0.39 is 17.3 Å². The SMILES string of the molecule is COC(=O)c1cccc(NC(=O)c2nn(-c3ccccc3)c(C)cc2=O)c1. The standard InChI is InChI=1S/C20H17N3O4/c1-13-11-17(24)18(22-23(13)16-9-4-3-5-10-16)19(25)21-15-8-6-7-14(12-15)20(26)27-2/h3-12H,1-2H3,(H,21,25). The number of aromatic nitrogens is 2. The topological polar surface area (TPSA) is 90.3 Å². The minimum atomic E-state index is -0.660. The van der Waals surface area contributed by atoms with Crippen LogP contribution in [0.2, 0.25) is 0 Å². The molecule has 27 heavy (non-hydrogen) atoms. The fourth-order valence-electron chi connectivity index (χ4n) is 2.57. The highest BCUT2D eigenvalue weighted by Crippen LogP contribution is 2.13. The van der Waals surface area contributed by atoms with E-state index in [0.29, 0.717) is 11.4 Å². The van der Waals surface area contributed by atoms with Crippen molar-refractivity contribution in [1.82, 2.24) is 9.78 Å². The monoisotopic (exact) mass is 363 g/mol. The van der Waals surface area contributed by atoms with Crippen molar-refractivity contribution in [1.29, 1.82) is 0 Å². The van der Waals surface area contributed by atoms with Gasteiger partial charge in [-0.25, -0.2) is 9.48 Å². The van der Waals surface area contributed by atoms with Gasteiger partial charge in [-0.1, -0.05) is 24.3 Å². The van der Waals surface area contributed by atoms with Crippen LogP contribution in [0.15, 0.2) is 65.5 Å². The fraction of sp³-hybridized carbons (Fsp3) is 0.100. The minimum absolute atomic E-state index is 0.243. The molecule has 0 saturated heterocycles. The molecule has 136 valence electrons. The van der Waals surface area contributed by atoms with Crippen molar-refractivity contribution >= 4 is 17.6 Å². The average Bonchev–Trinajstić information content (AvgIpc) is 2.68. The second-order valence-corrected chi connectivity index (χ2v) is 5.77. The Bertz CT molecular complexity index is 1060. The van der Waals surface area contributed by atoms with Gasteiger partial charge in [-0.15, -0.1) is 0 Å². The molecule has 1 heterocycles. The van der Waals surface area contributed by atoms with Gasteiger partial charge in [-0.3, -0.25) is 9.59 Å². The van der Waals surface area contributed by atoms with Crippen molar-refractivity contribution in [2.75, 3.05) is 12.4 Å². The van der Waals surface area contributed by atoms with Crippen LogP contribution in [0, 0.1) is 6.92 Å². The van der Waals surface area contributed by atoms with E-state index in [2.05, 4.69) is 15.2 Å². The number of hydrogen-bond donors (Lipinski definition) is 1. The number of nitrogens with one attached hydrogen (secondary N) is 1. The van der Waals surface area contributed by atoms with Gasteiger partial charge in [0.05, 0.1) is 18.4 Å². The lowest BCUT2D eigenvalue weighted by atomic mass is 10.2. The summed E-state index contributed by atoms with van der Waals surface area (Å²) in [5.41, 5.74) is 1.26. The summed E-state index contributed by atoms with van der Waals surface area (Å²) >= 11 is 0. The number of esters is 1. The van der Waals surface area contributed by atoms with Crippen LogP contribution in [0.5, 0.6) is 0 Å². The molecule has 1 amide bonds. The first-order chi connectivity index (χ1) is 13.0. The lowest BCUT2D eigenvalue weighted by Gasteiger charge is -2.11. The number of amides is 1. The molecule has 0 saturated carbocycles. The Labute approximate surface area is 155 Å². The Morgan fingerprint density at radius 1 is 1.04 bits per heavy atom. The minimum Gasteiger partial charge on any atom is -0.465 e. The normalized spacial score (nSPS) is 10.3. The number of hydrogen-bond acceptors (Lipinski definition) is 5. The number of carbonyl (C=O) groups excluding carboxylic acids is 2. The molecule has 0 aliphatic carbocycles. The van der Waals surface area contributed by atoms with Crippen LogP contribution in [0.4, 0.5) is 5.69 Å². The van der Waals surface area contributed by atoms with Gasteiger partial charge in [0.15, 0.2) is 5.69 Å². The number of ether oxygens (including phenoxy) is 1. The molecule has 2 aromatic carbocycles. The average molecular weight is 363 g/mol. The van der Waals surface area contributed by atoms with Crippen LogP contribution in [-0.4, -0.2) is 28.8 Å². The molecule has 3 rings (SSSR count). The smallest absolute Gasteiger partial charge is 0.337 e. The summed E-state index contributed by atoms with van der Waals surface area (Å²) in [6.45, 7) is 1.74. The summed E-state index contributed by atoms with van der Waals surface area (Å²) in [4.78, 5) is 36.5. The Morgan fingerprint density at radius 3 is 2.48 bits per heavy atom. The highest BCUT2D eigenvalue weighted by Gasteiger charge is 2.16. The van der Waals surface area contributed by atoms with E-state index in [1.54, 1.807) is 25.1 Å². The Balaban J connectivity index is 1.94. The molecule has 7 nitrogen and oxygen atoms in total. The molecule has 0 bridgehead atoms. The van der Waals surface area contributed by atoms with E-state index in [-0.39, 0.29) is 11.3 Å². The summed E-state index contributed by atoms with van der Waals surface area (Å²) in [5.74, 6) is -1.18. The number of para-hydroxylation sites is 1. The molecule has 0 unspecified atom stereocenters. The van der Waals surface area contributed by atoms with E-state index in [4.69, 9.17) is 0 Å². The van der Waals surface area contributed by atoms with Crippen LogP contribution >= 0.6 is 0 Å². The van der Waals surface area contributed by atoms with Crippen molar-refractivity contribution in [3.63, 3.8) is 0 Å². The number of benzene rings is 2. The fourth-order valence-corrected chi connectivity index (χ4v) is 2.57. The first-order valence-corrected chi connectivity index (χ1v) is 8.15. The zero-order valence-electron chi connectivity index (χ0n) is 14.8. The Hall–Kier alpha value is -3.74. The maximum absolute atomic E-state index is 12.6. The van der Waals surface area contributed by atoms with Crippen LogP contribution in [-0.2, 0) is 4.74 Å². The van der Waals surface area contributed by atoms with E-state index >= 15 is 0 Å². The summed E-state index contributed by atoms with van der Waals surface area (Å²) in [7, 11) is 1.27. The maximum atomic E-state index is 12.6. The van der Waals surface area contributed by atoms with Gasteiger partial charge in [-0.2, -0.15) is 5.10 Å². The third kappa shape index (κ3) is 3.92. The zero-order chi connectivity index (χ0) is 19.4. The second-order valence-electron chi connectivity index (χ2n) is 5.77. The van der Waals surface area contributed by atoms with Crippen LogP contribution in [0.1, 0.15) is 26.5 Å². The Kier molecular flexibility index (Phi) is 5.12. The number of rotatable bonds is 4. The molecule has 7 heteroatoms. The third-order valence-corrected chi connectivity index (χ3v) is 3.86. The number of anilines is 1. The predicted molar refractivity (Wildman–Crippen MR) is 100 cm³/mol. The summed E-state index contributed by atoms with van der Waals surface area (Å²) in [6.07, 6.45) is 0. The Morgan fingerprint density at radius 2 is 1.78 bits per heavy atom. The summed E-state index contributed by atoms with van der Waals surface area (Å²) < 4.78 is 6.19. The maximum Gasteiger partial charge on any atom is 0.337 e. The van der Waals surface area contributed by atoms with E-state index in [1.165, 1.54) is 23.9 Å². The molecule has 0 aliphatic rings. The quantitative estimate of drug-likeness (QED) is 0.720. The molecule has 1 aromatic heterocycles. The van der Waals surface area contributed by atoms with Gasteiger partial charge in [0.2, 0.25) is 5.43 Å². The molecule has 0 atom stereocenters. The molecule has 0 spiro atoms. The van der Waals surface area contributed by atoms with Crippen LogP contribution < -0.4 is 10.7 Å². The van der Waals surface area contributed by atoms with E-state index in [9.17, 15) is 14.4 Å². The summed E-state index contributed by atoms with van der Waals surface area (Å²) in [6, 6.07) is 16.8. The van der Waals surface area contributed by atoms with Crippen molar-refractivity contribution in [3.05, 3.63) is 87.8 Å². The van der Waals surface area contributed by atoms with Gasteiger partial charge in [0.25, 0.3) is 5.91 Å². The van der Waals surface area contributed by atoms with Crippen LogP contribution in [0.25, 0.3) is 5.69 Å². The van der Waals surface area contributed by atoms with Crippen LogP contribution in [0.3, 0.4) is 0 Å². The number of aryl methyl sites for hydroxylation is 1. The third-order valence-electron chi connectivity index (χ3n) is 3.86. The van der Waals surface area contributed by atoms with Crippen molar-refractivity contribution in [2.24, 2.45) is 0 Å². The van der Waals surface area contributed by atoms with Gasteiger partial charge in [-0.05, 0) is 37.3 Å². The molecule has 0 fully saturated rings. The number of carbonyl (C=O) groups is 2. The number of methoxy groups -OCH3 is 1. The molecule has 0 radical (unpaired) electrons. The molecule has 0 aliphatic heterocycles. The highest BCUT2D eigenvalue weighted by atomic mass is 16.5. The largest absolute Gasteiger partial charge is 0.465 e. The van der Waals surface area contributed by atoms with Crippen molar-refractivity contribution < 1.29 is 14.3 Å². The lowest BCUT2D eigenvalue weighted by Crippen LogP contribution is -2.27. The van der Waals surface area contributed by atoms with Gasteiger partial charge in [0.1, 0.15) is 0 Å². The van der Waals surface area contributed by atoms with E-state index in [1.807, 2.05) is 30.3 Å². The van der Waals surface area contributed by atoms with Crippen molar-refractivity contribution in [3.8, 4) is 5.69 Å². The molecular formula is C20H17N3O4. The van der Waals surface area contributed by atoms with Gasteiger partial charge >= 0.3 is 5.97 Å². The van der Waals surface area contributed by atoms with Gasteiger partial charge < -0.3 is 10.1 Å². The first-order valence-electron chi connectivity index (χ1n) is 8.15. The summed E-state index contributed by atoms with van der Waals surface area (Å²) in [5, 5.41) is 6.81. The van der Waals surface area contributed by atoms with E-state index in [0.717, 1.165) is 5.69 Å². The molecule has 1 N–H and O–H groups in total. The van der Waals surface area contributed by atoms with Crippen molar-refractivity contribution in [2.45, 2.75) is 6.92 Å². The highest BCUT2D eigenvalue weighted by molar-refractivity contribution is 6.03. The molecule has 3 aromatic rings.